The number of esters is 1. The summed E-state index contributed by atoms with van der Waals surface area (Å²) in [5, 5.41) is 10.4. The Bertz CT molecular complexity index is 1050. The van der Waals surface area contributed by atoms with Gasteiger partial charge in [-0.25, -0.2) is 0 Å². The number of nitrogens with one attached hydrogen (secondary N) is 3. The van der Waals surface area contributed by atoms with Crippen LogP contribution in [0.2, 0.25) is 0 Å². The smallest absolute Gasteiger partial charge is 0.320 e. The Morgan fingerprint density at radius 3 is 2.82 bits per heavy atom. The lowest BCUT2D eigenvalue weighted by Gasteiger charge is -2.33. The molecule has 34 heavy (non-hydrogen) atoms. The summed E-state index contributed by atoms with van der Waals surface area (Å²) in [7, 11) is 1.81. The van der Waals surface area contributed by atoms with E-state index in [2.05, 4.69) is 39.0 Å². The molecule has 0 saturated carbocycles. The average molecular weight is 468 g/mol. The van der Waals surface area contributed by atoms with Crippen LogP contribution in [0.4, 0.5) is 11.4 Å². The number of piperidine rings is 1. The quantitative estimate of drug-likeness (QED) is 0.515. The maximum absolute atomic E-state index is 12.3. The molecule has 2 aliphatic heterocycles. The van der Waals surface area contributed by atoms with Crippen molar-refractivity contribution in [3.8, 4) is 0 Å². The number of carbonyl (C=O) groups is 1. The molecule has 0 spiro atoms. The van der Waals surface area contributed by atoms with Crippen LogP contribution in [0, 0.1) is 12.8 Å². The van der Waals surface area contributed by atoms with Gasteiger partial charge < -0.3 is 30.2 Å². The SMILES string of the molecule is Cc1cc(C2Nc3ccc(CNCC(=O)OC(C)C)cc3N2CC2CCCNC2)cn(C)c1=O. The fraction of sp³-hybridized carbons (Fsp3) is 0.538. The van der Waals surface area contributed by atoms with Crippen LogP contribution in [-0.4, -0.2) is 42.8 Å². The molecule has 2 aliphatic rings. The lowest BCUT2D eigenvalue weighted by atomic mass is 9.98. The molecular weight excluding hydrogens is 430 g/mol. The molecule has 4 rings (SSSR count). The van der Waals surface area contributed by atoms with Crippen molar-refractivity contribution in [3.63, 3.8) is 0 Å². The van der Waals surface area contributed by atoms with Gasteiger partial charge in [-0.15, -0.1) is 0 Å². The standard InChI is InChI=1S/C26H37N5O3/c1-17(2)34-24(32)14-28-12-19-7-8-22-23(11-19)31(15-20-6-5-9-27-13-20)25(29-22)21-10-18(3)26(33)30(4)16-21/h7-8,10-11,16-17,20,25,27-29H,5-6,9,12-15H2,1-4H3. The Morgan fingerprint density at radius 2 is 2.12 bits per heavy atom. The van der Waals surface area contributed by atoms with E-state index in [9.17, 15) is 9.59 Å². The summed E-state index contributed by atoms with van der Waals surface area (Å²) in [4.78, 5) is 26.6. The van der Waals surface area contributed by atoms with Crippen molar-refractivity contribution in [2.75, 3.05) is 36.4 Å². The number of carbonyl (C=O) groups excluding carboxylic acids is 1. The van der Waals surface area contributed by atoms with Crippen LogP contribution >= 0.6 is 0 Å². The van der Waals surface area contributed by atoms with Crippen LogP contribution in [0.1, 0.15) is 49.5 Å². The number of benzene rings is 1. The van der Waals surface area contributed by atoms with Crippen LogP contribution in [0.3, 0.4) is 0 Å². The van der Waals surface area contributed by atoms with Gasteiger partial charge in [0.1, 0.15) is 6.17 Å². The predicted molar refractivity (Wildman–Crippen MR) is 135 cm³/mol. The summed E-state index contributed by atoms with van der Waals surface area (Å²) in [6.45, 7) is 9.38. The van der Waals surface area contributed by atoms with E-state index in [4.69, 9.17) is 4.74 Å². The van der Waals surface area contributed by atoms with E-state index in [-0.39, 0.29) is 30.3 Å². The highest BCUT2D eigenvalue weighted by atomic mass is 16.5. The molecule has 1 saturated heterocycles. The molecule has 1 fully saturated rings. The van der Waals surface area contributed by atoms with E-state index in [1.165, 1.54) is 12.8 Å². The first-order valence-electron chi connectivity index (χ1n) is 12.3. The lowest BCUT2D eigenvalue weighted by molar-refractivity contribution is -0.146. The maximum atomic E-state index is 12.3. The van der Waals surface area contributed by atoms with Gasteiger partial charge in [0.05, 0.1) is 24.0 Å². The zero-order valence-electron chi connectivity index (χ0n) is 20.7. The van der Waals surface area contributed by atoms with Gasteiger partial charge in [0.25, 0.3) is 5.56 Å². The van der Waals surface area contributed by atoms with Gasteiger partial charge in [-0.2, -0.15) is 0 Å². The van der Waals surface area contributed by atoms with Gasteiger partial charge in [-0.05, 0) is 76.4 Å². The summed E-state index contributed by atoms with van der Waals surface area (Å²) in [6, 6.07) is 8.40. The van der Waals surface area contributed by atoms with Crippen molar-refractivity contribution >= 4 is 17.3 Å². The van der Waals surface area contributed by atoms with E-state index in [0.717, 1.165) is 47.7 Å². The number of fused-ring (bicyclic) bond motifs is 1. The number of aromatic nitrogens is 1. The van der Waals surface area contributed by atoms with Crippen LogP contribution in [0.5, 0.6) is 0 Å². The Balaban J connectivity index is 1.56. The largest absolute Gasteiger partial charge is 0.462 e. The number of hydrogen-bond donors (Lipinski definition) is 3. The van der Waals surface area contributed by atoms with Gasteiger partial charge in [0, 0.05) is 37.5 Å². The minimum atomic E-state index is -0.241. The van der Waals surface area contributed by atoms with Crippen molar-refractivity contribution in [2.45, 2.75) is 52.4 Å². The molecule has 8 heteroatoms. The second-order valence-corrected chi connectivity index (χ2v) is 9.78. The summed E-state index contributed by atoms with van der Waals surface area (Å²) < 4.78 is 6.87. The summed E-state index contributed by atoms with van der Waals surface area (Å²) in [6.07, 6.45) is 4.19. The second-order valence-electron chi connectivity index (χ2n) is 9.78. The fourth-order valence-corrected chi connectivity index (χ4v) is 4.91. The van der Waals surface area contributed by atoms with E-state index < -0.39 is 0 Å². The third-order valence-corrected chi connectivity index (χ3v) is 6.49. The number of anilines is 2. The highest BCUT2D eigenvalue weighted by Crippen LogP contribution is 2.42. The predicted octanol–water partition coefficient (Wildman–Crippen LogP) is 2.67. The van der Waals surface area contributed by atoms with Crippen LogP contribution in [-0.2, 0) is 23.1 Å². The van der Waals surface area contributed by atoms with Crippen molar-refractivity contribution in [1.29, 1.82) is 0 Å². The molecule has 0 aliphatic carbocycles. The minimum absolute atomic E-state index is 0.0339. The molecular formula is C26H37N5O3. The van der Waals surface area contributed by atoms with Crippen LogP contribution in [0.25, 0.3) is 0 Å². The number of aryl methyl sites for hydroxylation is 2. The van der Waals surface area contributed by atoms with Gasteiger partial charge in [-0.3, -0.25) is 9.59 Å². The third kappa shape index (κ3) is 5.62. The van der Waals surface area contributed by atoms with Gasteiger partial charge in [0.15, 0.2) is 0 Å². The summed E-state index contributed by atoms with van der Waals surface area (Å²) in [5.74, 6) is 0.319. The summed E-state index contributed by atoms with van der Waals surface area (Å²) in [5.41, 5.74) is 5.22. The molecule has 184 valence electrons. The van der Waals surface area contributed by atoms with Gasteiger partial charge >= 0.3 is 5.97 Å². The van der Waals surface area contributed by atoms with E-state index in [1.807, 2.05) is 40.1 Å². The molecule has 3 heterocycles. The molecule has 1 aromatic heterocycles. The number of rotatable bonds is 8. The molecule has 1 aromatic carbocycles. The summed E-state index contributed by atoms with van der Waals surface area (Å²) >= 11 is 0. The number of nitrogens with zero attached hydrogens (tertiary/aromatic N) is 2. The molecule has 8 nitrogen and oxygen atoms in total. The first kappa shape index (κ1) is 24.3. The third-order valence-electron chi connectivity index (χ3n) is 6.49. The zero-order chi connectivity index (χ0) is 24.2. The van der Waals surface area contributed by atoms with Crippen molar-refractivity contribution in [1.82, 2.24) is 15.2 Å². The van der Waals surface area contributed by atoms with Gasteiger partial charge in [0.2, 0.25) is 0 Å². The van der Waals surface area contributed by atoms with Crippen molar-refractivity contribution < 1.29 is 9.53 Å². The number of pyridine rings is 1. The van der Waals surface area contributed by atoms with E-state index in [1.54, 1.807) is 4.57 Å². The molecule has 0 bridgehead atoms. The number of hydrogen-bond acceptors (Lipinski definition) is 7. The van der Waals surface area contributed by atoms with Gasteiger partial charge in [-0.1, -0.05) is 6.07 Å². The molecule has 2 unspecified atom stereocenters. The molecule has 2 atom stereocenters. The Morgan fingerprint density at radius 1 is 1.29 bits per heavy atom. The Hall–Kier alpha value is -2.84. The normalized spacial score (nSPS) is 19.7. The first-order valence-corrected chi connectivity index (χ1v) is 12.3. The molecule has 0 radical (unpaired) electrons. The zero-order valence-corrected chi connectivity index (χ0v) is 20.7. The topological polar surface area (TPSA) is 87.6 Å². The second kappa shape index (κ2) is 10.6. The van der Waals surface area contributed by atoms with Crippen LogP contribution in [0.15, 0.2) is 35.3 Å². The number of ether oxygens (including phenoxy) is 1. The Kier molecular flexibility index (Phi) is 7.58. The average Bonchev–Trinajstić information content (AvgIpc) is 3.15. The molecule has 2 aromatic rings. The Labute approximate surface area is 201 Å². The molecule has 0 amide bonds. The highest BCUT2D eigenvalue weighted by molar-refractivity contribution is 5.77. The fourth-order valence-electron chi connectivity index (χ4n) is 4.91. The van der Waals surface area contributed by atoms with Crippen molar-refractivity contribution in [2.24, 2.45) is 13.0 Å². The van der Waals surface area contributed by atoms with E-state index >= 15 is 0 Å². The highest BCUT2D eigenvalue weighted by Gasteiger charge is 2.32. The maximum Gasteiger partial charge on any atom is 0.320 e. The van der Waals surface area contributed by atoms with Crippen molar-refractivity contribution in [3.05, 3.63) is 57.5 Å². The molecule has 3 N–H and O–H groups in total. The van der Waals surface area contributed by atoms with E-state index in [0.29, 0.717) is 12.5 Å². The lowest BCUT2D eigenvalue weighted by Crippen LogP contribution is -2.40. The van der Waals surface area contributed by atoms with Crippen LogP contribution < -0.4 is 26.4 Å². The monoisotopic (exact) mass is 467 g/mol. The minimum Gasteiger partial charge on any atom is -0.462 e. The first-order chi connectivity index (χ1) is 16.3.